The van der Waals surface area contributed by atoms with Crippen LogP contribution in [0.2, 0.25) is 0 Å². The summed E-state index contributed by atoms with van der Waals surface area (Å²) in [6.45, 7) is 2.55. The number of fused-ring (bicyclic) bond motifs is 1. The second-order valence-corrected chi connectivity index (χ2v) is 13.2. The summed E-state index contributed by atoms with van der Waals surface area (Å²) in [6, 6.07) is -1.41. The Kier molecular flexibility index (Phi) is 9.45. The lowest BCUT2D eigenvalue weighted by Gasteiger charge is -2.49. The number of oxime groups is 1. The third-order valence-corrected chi connectivity index (χ3v) is 10.2. The molecule has 0 aliphatic carbocycles. The maximum atomic E-state index is 13.5. The van der Waals surface area contributed by atoms with Crippen LogP contribution in [-0.4, -0.2) is 113 Å². The number of β-lactam (4-membered cyclic amide) rings is 1. The van der Waals surface area contributed by atoms with Gasteiger partial charge < -0.3 is 44.7 Å². The molecule has 0 spiro atoms. The molecule has 0 saturated carbocycles. The molecular formula is C28H30N8O11S2. The van der Waals surface area contributed by atoms with Gasteiger partial charge in [-0.25, -0.2) is 14.4 Å². The average Bonchev–Trinajstić information content (AvgIpc) is 3.87. The maximum absolute atomic E-state index is 13.5. The maximum Gasteiger partial charge on any atom is 0.519 e. The Balaban J connectivity index is 1.08. The molecule has 3 fully saturated rings. The number of carbonyl (C=O) groups excluding carboxylic acids is 4. The van der Waals surface area contributed by atoms with Gasteiger partial charge in [-0.2, -0.15) is 9.36 Å². The molecule has 6 rings (SSSR count). The second-order valence-electron chi connectivity index (χ2n) is 11.4. The standard InChI is InChI=1S/C28H30N8O11S2/c1-2-3-15-16(47-28(43)46-15)10-45-27(42)34-6-5-14(9-34)35-7-4-12(22(35)38)8-13-11-48-24-18(23(39)36(24)19(13)25(40)41)30-21(37)17(32-44)20-31-26(29)49-33-20/h8,14,18,24,44H,2-7,9-11H2,1H3,(H,30,37)(H,40,41)(H2,29,31,33)/t14-,18-,24-/m1/s1. The lowest BCUT2D eigenvalue weighted by molar-refractivity contribution is -0.150. The van der Waals surface area contributed by atoms with Crippen LogP contribution in [0.1, 0.15) is 43.5 Å². The van der Waals surface area contributed by atoms with Crippen molar-refractivity contribution in [1.29, 1.82) is 0 Å². The van der Waals surface area contributed by atoms with Crippen LogP contribution in [0.15, 0.2) is 41.7 Å². The topological polar surface area (TPSA) is 264 Å². The van der Waals surface area contributed by atoms with Crippen molar-refractivity contribution in [2.45, 2.75) is 56.7 Å². The molecule has 4 amide bonds. The Labute approximate surface area is 284 Å². The molecule has 2 aromatic heterocycles. The highest BCUT2D eigenvalue weighted by molar-refractivity contribution is 8.00. The fraction of sp³-hybridized carbons (Fsp3) is 0.464. The number of ether oxygens (including phenoxy) is 1. The fourth-order valence-corrected chi connectivity index (χ4v) is 7.80. The van der Waals surface area contributed by atoms with E-state index in [-0.39, 0.29) is 58.8 Å². The summed E-state index contributed by atoms with van der Waals surface area (Å²) in [6.07, 6.45) is 2.86. The van der Waals surface area contributed by atoms with Crippen molar-refractivity contribution >= 4 is 63.9 Å². The Bertz CT molecular complexity index is 1860. The van der Waals surface area contributed by atoms with Gasteiger partial charge >= 0.3 is 17.9 Å². The van der Waals surface area contributed by atoms with Crippen molar-refractivity contribution in [2.24, 2.45) is 5.16 Å². The number of carbonyl (C=O) groups is 5. The molecule has 6 heterocycles. The first kappa shape index (κ1) is 33.7. The van der Waals surface area contributed by atoms with E-state index in [0.29, 0.717) is 50.1 Å². The van der Waals surface area contributed by atoms with E-state index in [1.165, 1.54) is 22.7 Å². The largest absolute Gasteiger partial charge is 0.519 e. The first-order valence-corrected chi connectivity index (χ1v) is 16.9. The predicted octanol–water partition coefficient (Wildman–Crippen LogP) is 0.106. The van der Waals surface area contributed by atoms with Crippen molar-refractivity contribution in [2.75, 3.05) is 31.1 Å². The van der Waals surface area contributed by atoms with Crippen LogP contribution < -0.4 is 16.9 Å². The van der Waals surface area contributed by atoms with Crippen molar-refractivity contribution in [1.82, 2.24) is 29.4 Å². The van der Waals surface area contributed by atoms with Crippen molar-refractivity contribution in [3.05, 3.63) is 50.9 Å². The van der Waals surface area contributed by atoms with Crippen LogP contribution in [0.3, 0.4) is 0 Å². The summed E-state index contributed by atoms with van der Waals surface area (Å²) in [5.74, 6) is -3.81. The number of anilines is 1. The molecule has 49 heavy (non-hydrogen) atoms. The third kappa shape index (κ3) is 6.49. The number of likely N-dealkylation sites (tertiary alicyclic amines) is 2. The van der Waals surface area contributed by atoms with Crippen LogP contribution in [-0.2, 0) is 36.9 Å². The van der Waals surface area contributed by atoms with Crippen LogP contribution in [0, 0.1) is 0 Å². The van der Waals surface area contributed by atoms with Crippen LogP contribution in [0.4, 0.5) is 9.93 Å². The highest BCUT2D eigenvalue weighted by atomic mass is 32.2. The SMILES string of the molecule is CCCc1oc(=O)oc1COC(=O)N1CC[C@@H](N2CCC(=CC3=C(C(=O)O)N4C(=O)[C@@H](NC(=O)C(=NO)c5nsc(N)n5)[C@H]4SC3)C2=O)C1. The highest BCUT2D eigenvalue weighted by Crippen LogP contribution is 2.41. The summed E-state index contributed by atoms with van der Waals surface area (Å²) in [7, 11) is 0. The molecule has 19 nitrogen and oxygen atoms in total. The van der Waals surface area contributed by atoms with E-state index in [9.17, 15) is 39.1 Å². The molecule has 4 aliphatic heterocycles. The number of aromatic nitrogens is 2. The van der Waals surface area contributed by atoms with E-state index >= 15 is 0 Å². The number of allylic oxidation sites excluding steroid dienone is 1. The number of nitrogens with two attached hydrogens (primary N) is 1. The van der Waals surface area contributed by atoms with Crippen LogP contribution >= 0.6 is 23.3 Å². The molecule has 0 bridgehead atoms. The number of hydrogen-bond acceptors (Lipinski definition) is 16. The fourth-order valence-electron chi connectivity index (χ4n) is 6.06. The van der Waals surface area contributed by atoms with E-state index in [0.717, 1.165) is 16.4 Å². The van der Waals surface area contributed by atoms with Gasteiger partial charge in [-0.3, -0.25) is 19.3 Å². The number of carboxylic acids is 1. The first-order valence-electron chi connectivity index (χ1n) is 15.1. The molecule has 0 unspecified atom stereocenters. The molecule has 2 aromatic rings. The molecule has 5 N–H and O–H groups in total. The third-order valence-electron chi connectivity index (χ3n) is 8.35. The van der Waals surface area contributed by atoms with E-state index in [1.54, 1.807) is 4.90 Å². The van der Waals surface area contributed by atoms with Gasteiger partial charge in [0.1, 0.15) is 17.1 Å². The van der Waals surface area contributed by atoms with E-state index < -0.39 is 46.8 Å². The van der Waals surface area contributed by atoms with E-state index in [1.807, 2.05) is 6.92 Å². The number of rotatable bonds is 10. The summed E-state index contributed by atoms with van der Waals surface area (Å²) in [5, 5.41) is 24.0. The first-order chi connectivity index (χ1) is 23.5. The highest BCUT2D eigenvalue weighted by Gasteiger charge is 2.54. The molecule has 4 aliphatic rings. The minimum atomic E-state index is -1.38. The normalized spacial score (nSPS) is 23.3. The summed E-state index contributed by atoms with van der Waals surface area (Å²) >= 11 is 1.98. The molecule has 0 radical (unpaired) electrons. The Morgan fingerprint density at radius 2 is 1.98 bits per heavy atom. The van der Waals surface area contributed by atoms with Gasteiger partial charge in [-0.15, -0.1) is 11.8 Å². The summed E-state index contributed by atoms with van der Waals surface area (Å²) < 4.78 is 19.1. The zero-order valence-electron chi connectivity index (χ0n) is 25.8. The second kappa shape index (κ2) is 13.7. The average molecular weight is 719 g/mol. The molecule has 260 valence electrons. The van der Waals surface area contributed by atoms with Gasteiger partial charge in [-0.1, -0.05) is 12.1 Å². The number of nitrogen functional groups attached to an aromatic ring is 1. The van der Waals surface area contributed by atoms with Gasteiger partial charge in [0.25, 0.3) is 11.8 Å². The van der Waals surface area contributed by atoms with Gasteiger partial charge in [0.2, 0.25) is 17.4 Å². The van der Waals surface area contributed by atoms with Gasteiger partial charge in [-0.05, 0) is 30.9 Å². The van der Waals surface area contributed by atoms with Crippen LogP contribution in [0.25, 0.3) is 0 Å². The minimum Gasteiger partial charge on any atom is -0.477 e. The quantitative estimate of drug-likeness (QED) is 0.0835. The van der Waals surface area contributed by atoms with E-state index in [2.05, 4.69) is 19.8 Å². The molecule has 21 heteroatoms. The smallest absolute Gasteiger partial charge is 0.477 e. The van der Waals surface area contributed by atoms with Crippen molar-refractivity contribution in [3.63, 3.8) is 0 Å². The molecule has 3 atom stereocenters. The Morgan fingerprint density at radius 1 is 1.20 bits per heavy atom. The zero-order valence-corrected chi connectivity index (χ0v) is 27.5. The Hall–Kier alpha value is -5.18. The number of aliphatic carboxylic acids is 1. The zero-order chi connectivity index (χ0) is 35.0. The minimum absolute atomic E-state index is 0.0331. The molecule has 3 saturated heterocycles. The monoisotopic (exact) mass is 718 g/mol. The van der Waals surface area contributed by atoms with Crippen molar-refractivity contribution < 1.29 is 47.9 Å². The molecular weight excluding hydrogens is 688 g/mol. The predicted molar refractivity (Wildman–Crippen MR) is 168 cm³/mol. The number of hydrogen-bond donors (Lipinski definition) is 4. The number of thioether (sulfide) groups is 1. The summed E-state index contributed by atoms with van der Waals surface area (Å²) in [4.78, 5) is 83.9. The lowest BCUT2D eigenvalue weighted by atomic mass is 10.0. The van der Waals surface area contributed by atoms with Crippen molar-refractivity contribution in [3.8, 4) is 0 Å². The number of amides is 4. The van der Waals surface area contributed by atoms with Gasteiger partial charge in [0.05, 0.1) is 6.04 Å². The lowest BCUT2D eigenvalue weighted by Crippen LogP contribution is -2.71. The molecule has 0 aromatic carbocycles. The number of aryl methyl sites for hydroxylation is 1. The van der Waals surface area contributed by atoms with E-state index in [4.69, 9.17) is 19.3 Å². The number of nitrogens with zero attached hydrogens (tertiary/aromatic N) is 6. The van der Waals surface area contributed by atoms with Crippen LogP contribution in [0.5, 0.6) is 0 Å². The Morgan fingerprint density at radius 3 is 2.67 bits per heavy atom. The number of carboxylic acid groups (broad SMARTS) is 1. The number of nitrogens with one attached hydrogen (secondary N) is 1. The van der Waals surface area contributed by atoms with Gasteiger partial charge in [0.15, 0.2) is 23.3 Å². The van der Waals surface area contributed by atoms with Gasteiger partial charge in [0, 0.05) is 48.9 Å². The summed E-state index contributed by atoms with van der Waals surface area (Å²) in [5.41, 5.74) is 5.30.